The second-order valence-corrected chi connectivity index (χ2v) is 4.80. The fraction of sp³-hybridized carbons (Fsp3) is 0.692. The summed E-state index contributed by atoms with van der Waals surface area (Å²) in [5.74, 6) is -1.65. The van der Waals surface area contributed by atoms with Crippen LogP contribution < -0.4 is 10.7 Å². The molecule has 8 nitrogen and oxygen atoms in total. The maximum absolute atomic E-state index is 11.8. The molecule has 1 aliphatic heterocycles. The van der Waals surface area contributed by atoms with Gasteiger partial charge < -0.3 is 15.0 Å². The Morgan fingerprint density at radius 2 is 1.86 bits per heavy atom. The van der Waals surface area contributed by atoms with E-state index in [0.29, 0.717) is 12.3 Å². The molecule has 0 aliphatic carbocycles. The third kappa shape index (κ3) is 6.35. The Kier molecular flexibility index (Phi) is 7.38. The molecule has 0 saturated carbocycles. The Morgan fingerprint density at radius 3 is 2.48 bits per heavy atom. The predicted molar refractivity (Wildman–Crippen MR) is 76.6 cm³/mol. The van der Waals surface area contributed by atoms with E-state index >= 15 is 0 Å². The van der Waals surface area contributed by atoms with Crippen molar-refractivity contribution in [2.24, 2.45) is 5.10 Å². The lowest BCUT2D eigenvalue weighted by Crippen LogP contribution is -2.39. The first-order chi connectivity index (χ1) is 10.0. The van der Waals surface area contributed by atoms with Gasteiger partial charge in [-0.3, -0.25) is 14.4 Å². The fourth-order valence-corrected chi connectivity index (χ4v) is 1.88. The van der Waals surface area contributed by atoms with Gasteiger partial charge in [0.05, 0.1) is 13.0 Å². The van der Waals surface area contributed by atoms with Gasteiger partial charge in [0, 0.05) is 32.5 Å². The van der Waals surface area contributed by atoms with Crippen molar-refractivity contribution in [1.82, 2.24) is 15.6 Å². The van der Waals surface area contributed by atoms with Gasteiger partial charge in [0.1, 0.15) is 0 Å². The zero-order chi connectivity index (χ0) is 15.7. The van der Waals surface area contributed by atoms with E-state index in [2.05, 4.69) is 15.8 Å². The number of amides is 3. The number of nitrogens with zero attached hydrogens (tertiary/aromatic N) is 2. The molecular weight excluding hydrogens is 276 g/mol. The minimum Gasteiger partial charge on any atom is -0.383 e. The summed E-state index contributed by atoms with van der Waals surface area (Å²) in [5, 5.41) is 6.13. The first-order valence-corrected chi connectivity index (χ1v) is 6.92. The second kappa shape index (κ2) is 9.06. The first-order valence-electron chi connectivity index (χ1n) is 6.92. The van der Waals surface area contributed by atoms with E-state index < -0.39 is 11.8 Å². The maximum atomic E-state index is 11.8. The molecule has 2 N–H and O–H groups in total. The molecule has 0 spiro atoms. The second-order valence-electron chi connectivity index (χ2n) is 4.80. The summed E-state index contributed by atoms with van der Waals surface area (Å²) in [6.07, 6.45) is 2.20. The third-order valence-electron chi connectivity index (χ3n) is 3.01. The minimum absolute atomic E-state index is 0.00690. The number of hydrazone groups is 1. The average Bonchev–Trinajstić information content (AvgIpc) is 2.99. The van der Waals surface area contributed by atoms with Gasteiger partial charge in [-0.25, -0.2) is 5.43 Å². The smallest absolute Gasteiger partial charge is 0.329 e. The number of nitrogens with one attached hydrogen (secondary N) is 2. The number of hydrogen-bond acceptors (Lipinski definition) is 5. The third-order valence-corrected chi connectivity index (χ3v) is 3.01. The minimum atomic E-state index is -0.862. The fourth-order valence-electron chi connectivity index (χ4n) is 1.88. The Hall–Kier alpha value is -1.96. The van der Waals surface area contributed by atoms with Crippen molar-refractivity contribution in [1.29, 1.82) is 0 Å². The predicted octanol–water partition coefficient (Wildman–Crippen LogP) is -0.746. The molecule has 0 aromatic rings. The summed E-state index contributed by atoms with van der Waals surface area (Å²) < 4.78 is 4.75. The van der Waals surface area contributed by atoms with Crippen molar-refractivity contribution in [2.75, 3.05) is 33.4 Å². The van der Waals surface area contributed by atoms with Crippen molar-refractivity contribution in [3.05, 3.63) is 0 Å². The Morgan fingerprint density at radius 1 is 1.19 bits per heavy atom. The van der Waals surface area contributed by atoms with Crippen molar-refractivity contribution in [2.45, 2.75) is 26.2 Å². The van der Waals surface area contributed by atoms with Crippen LogP contribution in [0.3, 0.4) is 0 Å². The number of rotatable bonds is 6. The largest absolute Gasteiger partial charge is 0.383 e. The topological polar surface area (TPSA) is 100 Å². The standard InChI is InChI=1S/C13H22N4O4/c1-10(9-11(18)17-6-3-4-7-17)15-16-13(20)12(19)14-5-8-21-2/h3-9H2,1-2H3,(H,14,19)(H,16,20). The molecule has 1 fully saturated rings. The number of carbonyl (C=O) groups excluding carboxylic acids is 3. The Balaban J connectivity index is 2.31. The van der Waals surface area contributed by atoms with Crippen LogP contribution in [0.1, 0.15) is 26.2 Å². The molecular formula is C13H22N4O4. The van der Waals surface area contributed by atoms with Gasteiger partial charge in [0.2, 0.25) is 5.91 Å². The van der Waals surface area contributed by atoms with E-state index in [-0.39, 0.29) is 18.9 Å². The van der Waals surface area contributed by atoms with Crippen LogP contribution >= 0.6 is 0 Å². The van der Waals surface area contributed by atoms with Crippen molar-refractivity contribution in [3.63, 3.8) is 0 Å². The van der Waals surface area contributed by atoms with Gasteiger partial charge in [-0.1, -0.05) is 0 Å². The monoisotopic (exact) mass is 298 g/mol. The normalized spacial score (nSPS) is 15.0. The van der Waals surface area contributed by atoms with E-state index in [1.807, 2.05) is 0 Å². The van der Waals surface area contributed by atoms with Gasteiger partial charge in [0.15, 0.2) is 0 Å². The summed E-state index contributed by atoms with van der Waals surface area (Å²) in [7, 11) is 1.50. The van der Waals surface area contributed by atoms with E-state index in [1.165, 1.54) is 7.11 Å². The zero-order valence-corrected chi connectivity index (χ0v) is 12.5. The quantitative estimate of drug-likeness (QED) is 0.292. The van der Waals surface area contributed by atoms with Crippen molar-refractivity contribution >= 4 is 23.4 Å². The summed E-state index contributed by atoms with van der Waals surface area (Å²) in [6, 6.07) is 0. The maximum Gasteiger partial charge on any atom is 0.329 e. The van der Waals surface area contributed by atoms with E-state index in [1.54, 1.807) is 11.8 Å². The number of hydrogen-bond donors (Lipinski definition) is 2. The van der Waals surface area contributed by atoms with Crippen LogP contribution in [0.15, 0.2) is 5.10 Å². The van der Waals surface area contributed by atoms with E-state index in [0.717, 1.165) is 25.9 Å². The van der Waals surface area contributed by atoms with Crippen LogP contribution in [-0.2, 0) is 19.1 Å². The van der Waals surface area contributed by atoms with Gasteiger partial charge >= 0.3 is 11.8 Å². The van der Waals surface area contributed by atoms with Gasteiger partial charge in [-0.15, -0.1) is 0 Å². The highest BCUT2D eigenvalue weighted by Gasteiger charge is 2.18. The first kappa shape index (κ1) is 17.1. The SMILES string of the molecule is COCCNC(=O)C(=O)NN=C(C)CC(=O)N1CCCC1. The molecule has 118 valence electrons. The number of likely N-dealkylation sites (tertiary alicyclic amines) is 1. The summed E-state index contributed by atoms with van der Waals surface area (Å²) in [4.78, 5) is 36.4. The number of ether oxygens (including phenoxy) is 1. The molecule has 0 radical (unpaired) electrons. The van der Waals surface area contributed by atoms with Crippen LogP contribution in [0, 0.1) is 0 Å². The Bertz CT molecular complexity index is 416. The van der Waals surface area contributed by atoms with Gasteiger partial charge in [-0.05, 0) is 19.8 Å². The molecule has 0 bridgehead atoms. The molecule has 8 heteroatoms. The summed E-state index contributed by atoms with van der Waals surface area (Å²) in [5.41, 5.74) is 2.59. The molecule has 0 unspecified atom stereocenters. The lowest BCUT2D eigenvalue weighted by atomic mass is 10.3. The van der Waals surface area contributed by atoms with E-state index in [4.69, 9.17) is 4.74 Å². The number of methoxy groups -OCH3 is 1. The molecule has 1 saturated heterocycles. The highest BCUT2D eigenvalue weighted by molar-refractivity contribution is 6.35. The van der Waals surface area contributed by atoms with Gasteiger partial charge in [-0.2, -0.15) is 5.10 Å². The lowest BCUT2D eigenvalue weighted by Gasteiger charge is -2.14. The molecule has 0 aromatic heterocycles. The molecule has 3 amide bonds. The zero-order valence-electron chi connectivity index (χ0n) is 12.5. The molecule has 21 heavy (non-hydrogen) atoms. The summed E-state index contributed by atoms with van der Waals surface area (Å²) in [6.45, 7) is 3.77. The lowest BCUT2D eigenvalue weighted by molar-refractivity contribution is -0.139. The average molecular weight is 298 g/mol. The van der Waals surface area contributed by atoms with Gasteiger partial charge in [0.25, 0.3) is 0 Å². The van der Waals surface area contributed by atoms with Crippen LogP contribution in [0.2, 0.25) is 0 Å². The molecule has 1 rings (SSSR count). The molecule has 1 heterocycles. The van der Waals surface area contributed by atoms with Crippen LogP contribution in [0.5, 0.6) is 0 Å². The van der Waals surface area contributed by atoms with E-state index in [9.17, 15) is 14.4 Å². The van der Waals surface area contributed by atoms with Crippen molar-refractivity contribution < 1.29 is 19.1 Å². The molecule has 0 aromatic carbocycles. The van der Waals surface area contributed by atoms with Crippen LogP contribution in [-0.4, -0.2) is 61.7 Å². The summed E-state index contributed by atoms with van der Waals surface area (Å²) >= 11 is 0. The highest BCUT2D eigenvalue weighted by Crippen LogP contribution is 2.09. The van der Waals surface area contributed by atoms with Crippen molar-refractivity contribution in [3.8, 4) is 0 Å². The molecule has 1 aliphatic rings. The molecule has 0 atom stereocenters. The van der Waals surface area contributed by atoms with Crippen LogP contribution in [0.25, 0.3) is 0 Å². The Labute approximate surface area is 123 Å². The number of carbonyl (C=O) groups is 3. The highest BCUT2D eigenvalue weighted by atomic mass is 16.5. The van der Waals surface area contributed by atoms with Crippen LogP contribution in [0.4, 0.5) is 0 Å².